The predicted octanol–water partition coefficient (Wildman–Crippen LogP) is 1.06. The van der Waals surface area contributed by atoms with E-state index in [1.54, 1.807) is 0 Å². The van der Waals surface area contributed by atoms with Gasteiger partial charge in [0, 0.05) is 12.0 Å². The minimum Gasteiger partial charge on any atom is -0.395 e. The number of aliphatic hydroxyl groups is 1. The Morgan fingerprint density at radius 1 is 1.64 bits per heavy atom. The number of rotatable bonds is 5. The van der Waals surface area contributed by atoms with Crippen LogP contribution in [0.4, 0.5) is 0 Å². The van der Waals surface area contributed by atoms with Crippen molar-refractivity contribution in [3.8, 4) is 0 Å². The van der Waals surface area contributed by atoms with E-state index in [1.807, 2.05) is 13.8 Å². The fourth-order valence-electron chi connectivity index (χ4n) is 1.89. The number of carbonyl (C=O) groups excluding carboxylic acids is 1. The van der Waals surface area contributed by atoms with E-state index in [1.165, 1.54) is 0 Å². The Labute approximate surface area is 86.1 Å². The van der Waals surface area contributed by atoms with E-state index in [4.69, 9.17) is 5.11 Å². The first-order valence-electron chi connectivity index (χ1n) is 5.56. The van der Waals surface area contributed by atoms with Crippen LogP contribution in [0.3, 0.4) is 0 Å². The standard InChI is InChI=1S/C11H21NO2/c1-3-9(2)11(14)7-12-6-4-5-10(12)8-13/h9-10,13H,3-8H2,1-2H3. The molecule has 1 aliphatic heterocycles. The van der Waals surface area contributed by atoms with Crippen LogP contribution in [0.15, 0.2) is 0 Å². The Kier molecular flexibility index (Phi) is 4.55. The van der Waals surface area contributed by atoms with Crippen LogP contribution in [0.5, 0.6) is 0 Å². The lowest BCUT2D eigenvalue weighted by atomic mass is 10.0. The molecule has 0 radical (unpaired) electrons. The highest BCUT2D eigenvalue weighted by Crippen LogP contribution is 2.17. The molecule has 3 nitrogen and oxygen atoms in total. The van der Waals surface area contributed by atoms with Gasteiger partial charge >= 0.3 is 0 Å². The van der Waals surface area contributed by atoms with Gasteiger partial charge in [0.05, 0.1) is 13.2 Å². The van der Waals surface area contributed by atoms with Crippen LogP contribution in [0.1, 0.15) is 33.1 Å². The van der Waals surface area contributed by atoms with E-state index in [9.17, 15) is 4.79 Å². The van der Waals surface area contributed by atoms with E-state index in [-0.39, 0.29) is 18.6 Å². The Hall–Kier alpha value is -0.410. The molecule has 1 aliphatic rings. The van der Waals surface area contributed by atoms with Crippen LogP contribution in [0.25, 0.3) is 0 Å². The number of likely N-dealkylation sites (tertiary alicyclic amines) is 1. The zero-order chi connectivity index (χ0) is 10.6. The maximum absolute atomic E-state index is 11.7. The molecule has 1 fully saturated rings. The lowest BCUT2D eigenvalue weighted by Crippen LogP contribution is -2.38. The van der Waals surface area contributed by atoms with Gasteiger partial charge in [0.25, 0.3) is 0 Å². The number of carbonyl (C=O) groups is 1. The topological polar surface area (TPSA) is 40.5 Å². The minimum absolute atomic E-state index is 0.162. The normalized spacial score (nSPS) is 25.2. The van der Waals surface area contributed by atoms with Crippen LogP contribution in [-0.2, 0) is 4.79 Å². The second-order valence-corrected chi connectivity index (χ2v) is 4.22. The minimum atomic E-state index is 0.162. The highest BCUT2D eigenvalue weighted by Gasteiger charge is 2.26. The van der Waals surface area contributed by atoms with E-state index >= 15 is 0 Å². The molecule has 82 valence electrons. The molecule has 14 heavy (non-hydrogen) atoms. The Morgan fingerprint density at radius 3 is 2.93 bits per heavy atom. The number of hydrogen-bond donors (Lipinski definition) is 1. The van der Waals surface area contributed by atoms with Gasteiger partial charge in [-0.3, -0.25) is 9.69 Å². The molecule has 0 saturated carbocycles. The van der Waals surface area contributed by atoms with Crippen molar-refractivity contribution in [2.24, 2.45) is 5.92 Å². The molecule has 0 aromatic heterocycles. The fraction of sp³-hybridized carbons (Fsp3) is 0.909. The number of ketones is 1. The molecule has 2 atom stereocenters. The number of aliphatic hydroxyl groups excluding tert-OH is 1. The van der Waals surface area contributed by atoms with Crippen molar-refractivity contribution in [1.82, 2.24) is 4.90 Å². The zero-order valence-electron chi connectivity index (χ0n) is 9.20. The number of hydrogen-bond acceptors (Lipinski definition) is 3. The Balaban J connectivity index is 2.39. The van der Waals surface area contributed by atoms with Crippen molar-refractivity contribution in [3.05, 3.63) is 0 Å². The first-order valence-corrected chi connectivity index (χ1v) is 5.56. The van der Waals surface area contributed by atoms with Gasteiger partial charge in [0.15, 0.2) is 0 Å². The van der Waals surface area contributed by atoms with Crippen molar-refractivity contribution in [3.63, 3.8) is 0 Å². The van der Waals surface area contributed by atoms with Crippen molar-refractivity contribution in [1.29, 1.82) is 0 Å². The fourth-order valence-corrected chi connectivity index (χ4v) is 1.89. The van der Waals surface area contributed by atoms with Crippen molar-refractivity contribution >= 4 is 5.78 Å². The monoisotopic (exact) mass is 199 g/mol. The molecule has 1 heterocycles. The molecule has 0 spiro atoms. The quantitative estimate of drug-likeness (QED) is 0.719. The lowest BCUT2D eigenvalue weighted by Gasteiger charge is -2.22. The predicted molar refractivity (Wildman–Crippen MR) is 56.1 cm³/mol. The second kappa shape index (κ2) is 5.47. The first-order chi connectivity index (χ1) is 6.69. The summed E-state index contributed by atoms with van der Waals surface area (Å²) < 4.78 is 0. The summed E-state index contributed by atoms with van der Waals surface area (Å²) in [5.74, 6) is 0.475. The van der Waals surface area contributed by atoms with E-state index in [0.29, 0.717) is 12.3 Å². The first kappa shape index (κ1) is 11.7. The van der Waals surface area contributed by atoms with Gasteiger partial charge in [-0.25, -0.2) is 0 Å². The molecule has 1 N–H and O–H groups in total. The van der Waals surface area contributed by atoms with Gasteiger partial charge in [-0.15, -0.1) is 0 Å². The summed E-state index contributed by atoms with van der Waals surface area (Å²) in [7, 11) is 0. The largest absolute Gasteiger partial charge is 0.395 e. The molecule has 0 aliphatic carbocycles. The van der Waals surface area contributed by atoms with Crippen LogP contribution in [0.2, 0.25) is 0 Å². The van der Waals surface area contributed by atoms with E-state index in [2.05, 4.69) is 4.90 Å². The van der Waals surface area contributed by atoms with Gasteiger partial charge in [-0.05, 0) is 25.8 Å². The van der Waals surface area contributed by atoms with Gasteiger partial charge in [0.2, 0.25) is 0 Å². The molecule has 3 heteroatoms. The average Bonchev–Trinajstić information content (AvgIpc) is 2.63. The zero-order valence-corrected chi connectivity index (χ0v) is 9.20. The molecule has 0 aromatic rings. The summed E-state index contributed by atoms with van der Waals surface area (Å²) in [5, 5.41) is 9.09. The summed E-state index contributed by atoms with van der Waals surface area (Å²) in [5.41, 5.74) is 0. The van der Waals surface area contributed by atoms with Crippen LogP contribution in [0, 0.1) is 5.92 Å². The lowest BCUT2D eigenvalue weighted by molar-refractivity contribution is -0.123. The summed E-state index contributed by atoms with van der Waals surface area (Å²) in [6.45, 7) is 5.70. The highest BCUT2D eigenvalue weighted by atomic mass is 16.3. The maximum atomic E-state index is 11.7. The molecule has 1 saturated heterocycles. The average molecular weight is 199 g/mol. The van der Waals surface area contributed by atoms with Crippen molar-refractivity contribution < 1.29 is 9.90 Å². The SMILES string of the molecule is CCC(C)C(=O)CN1CCCC1CO. The van der Waals surface area contributed by atoms with Crippen LogP contribution in [-0.4, -0.2) is 41.5 Å². The molecule has 0 amide bonds. The van der Waals surface area contributed by atoms with Gasteiger partial charge in [-0.1, -0.05) is 13.8 Å². The van der Waals surface area contributed by atoms with Crippen molar-refractivity contribution in [2.45, 2.75) is 39.2 Å². The number of Topliss-reactive ketones (excluding diaryl/α,β-unsaturated/α-hetero) is 1. The Bertz CT molecular complexity index is 194. The number of nitrogens with zero attached hydrogens (tertiary/aromatic N) is 1. The molecule has 0 aromatic carbocycles. The molecular formula is C11H21NO2. The smallest absolute Gasteiger partial charge is 0.149 e. The summed E-state index contributed by atoms with van der Waals surface area (Å²) in [6, 6.07) is 0.225. The van der Waals surface area contributed by atoms with Gasteiger partial charge in [0.1, 0.15) is 5.78 Å². The summed E-state index contributed by atoms with van der Waals surface area (Å²) >= 11 is 0. The third-order valence-corrected chi connectivity index (χ3v) is 3.23. The third-order valence-electron chi connectivity index (χ3n) is 3.23. The molecule has 0 bridgehead atoms. The molecule has 2 unspecified atom stereocenters. The summed E-state index contributed by atoms with van der Waals surface area (Å²) in [6.07, 6.45) is 3.06. The highest BCUT2D eigenvalue weighted by molar-refractivity contribution is 5.82. The van der Waals surface area contributed by atoms with Crippen LogP contribution >= 0.6 is 0 Å². The maximum Gasteiger partial charge on any atom is 0.149 e. The van der Waals surface area contributed by atoms with Gasteiger partial charge < -0.3 is 5.11 Å². The van der Waals surface area contributed by atoms with Crippen molar-refractivity contribution in [2.75, 3.05) is 19.7 Å². The second-order valence-electron chi connectivity index (χ2n) is 4.22. The molecule has 1 rings (SSSR count). The van der Waals surface area contributed by atoms with E-state index in [0.717, 1.165) is 25.8 Å². The van der Waals surface area contributed by atoms with Crippen LogP contribution < -0.4 is 0 Å². The Morgan fingerprint density at radius 2 is 2.36 bits per heavy atom. The third kappa shape index (κ3) is 2.79. The van der Waals surface area contributed by atoms with E-state index < -0.39 is 0 Å². The van der Waals surface area contributed by atoms with Gasteiger partial charge in [-0.2, -0.15) is 0 Å². The molecular weight excluding hydrogens is 178 g/mol. The summed E-state index contributed by atoms with van der Waals surface area (Å²) in [4.78, 5) is 13.8.